The van der Waals surface area contributed by atoms with Gasteiger partial charge in [-0.1, -0.05) is 30.3 Å². The maximum absolute atomic E-state index is 12.2. The molecule has 0 fully saturated rings. The first kappa shape index (κ1) is 18.6. The van der Waals surface area contributed by atoms with Crippen molar-refractivity contribution >= 4 is 28.5 Å². The molecular weight excluding hydrogens is 355 g/mol. The molecule has 0 saturated heterocycles. The minimum atomic E-state index is -3.91. The van der Waals surface area contributed by atoms with E-state index in [1.807, 2.05) is 12.1 Å². The minimum absolute atomic E-state index is 0.00977. The number of sulfonamides is 1. The number of fused-ring (bicyclic) bond motifs is 1. The highest BCUT2D eigenvalue weighted by Gasteiger charge is 2.27. The summed E-state index contributed by atoms with van der Waals surface area (Å²) in [7, 11) is -4.86. The van der Waals surface area contributed by atoms with Crippen molar-refractivity contribution in [2.45, 2.75) is 30.9 Å². The second-order valence-electron chi connectivity index (χ2n) is 6.07. The number of rotatable bonds is 6. The maximum Gasteiger partial charge on any atom is 0.491 e. The minimum Gasteiger partial charge on any atom is -0.423 e. The average Bonchev–Trinajstić information content (AvgIpc) is 3.00. The largest absolute Gasteiger partial charge is 0.491 e. The van der Waals surface area contributed by atoms with E-state index in [9.17, 15) is 18.2 Å². The maximum atomic E-state index is 12.2. The smallest absolute Gasteiger partial charge is 0.423 e. The van der Waals surface area contributed by atoms with Gasteiger partial charge >= 0.3 is 7.12 Å². The van der Waals surface area contributed by atoms with Crippen LogP contribution in [0.25, 0.3) is 0 Å². The number of aryl methyl sites for hydroxylation is 1. The van der Waals surface area contributed by atoms with Crippen LogP contribution in [-0.2, 0) is 39.0 Å². The van der Waals surface area contributed by atoms with Crippen molar-refractivity contribution in [1.29, 1.82) is 0 Å². The van der Waals surface area contributed by atoms with Crippen LogP contribution in [0.5, 0.6) is 0 Å². The number of hydrogen-bond acceptors (Lipinski definition) is 6. The van der Waals surface area contributed by atoms with Gasteiger partial charge < -0.3 is 15.4 Å². The van der Waals surface area contributed by atoms with E-state index in [0.717, 1.165) is 16.7 Å². The number of carbonyl (C=O) groups excluding carboxylic acids is 1. The molecule has 1 amide bonds. The first-order valence-corrected chi connectivity index (χ1v) is 9.63. The fourth-order valence-corrected chi connectivity index (χ4v) is 3.76. The van der Waals surface area contributed by atoms with Crippen LogP contribution in [0.4, 0.5) is 0 Å². The lowest BCUT2D eigenvalue weighted by Crippen LogP contribution is -2.31. The second kappa shape index (κ2) is 7.59. The van der Waals surface area contributed by atoms with E-state index in [2.05, 4.69) is 4.72 Å². The van der Waals surface area contributed by atoms with Crippen LogP contribution < -0.4 is 15.9 Å². The van der Waals surface area contributed by atoms with Crippen LogP contribution in [0, 0.1) is 0 Å². The van der Waals surface area contributed by atoms with Crippen LogP contribution in [0.15, 0.2) is 47.4 Å². The second-order valence-corrected chi connectivity index (χ2v) is 7.76. The average molecular weight is 374 g/mol. The molecule has 136 valence electrons. The van der Waals surface area contributed by atoms with Crippen molar-refractivity contribution in [2.75, 3.05) is 0 Å². The predicted molar refractivity (Wildman–Crippen MR) is 96.8 cm³/mol. The van der Waals surface area contributed by atoms with Gasteiger partial charge in [-0.2, -0.15) is 0 Å². The van der Waals surface area contributed by atoms with Gasteiger partial charge in [0.1, 0.15) is 0 Å². The van der Waals surface area contributed by atoms with Crippen LogP contribution in [0.3, 0.4) is 0 Å². The Balaban J connectivity index is 1.61. The number of amides is 1. The summed E-state index contributed by atoms with van der Waals surface area (Å²) in [6.45, 7) is 0.672. The Morgan fingerprint density at radius 2 is 1.88 bits per heavy atom. The number of hydrogen-bond donors (Lipinski definition) is 3. The standard InChI is InChI=1S/C17H19BN2O5S/c19-10-13-2-6-15(7-3-13)26(23,24)20-17(21)8-4-12-1-5-14-11-25-18(22)16(14)9-12/h1-3,5-7,9,22H,4,8,10-11,19H2,(H,20,21). The lowest BCUT2D eigenvalue weighted by Gasteiger charge is -2.08. The molecule has 0 aromatic heterocycles. The Kier molecular flexibility index (Phi) is 5.42. The third kappa shape index (κ3) is 4.13. The third-order valence-electron chi connectivity index (χ3n) is 4.23. The number of nitrogens with two attached hydrogens (primary N) is 1. The van der Waals surface area contributed by atoms with Gasteiger partial charge in [0.05, 0.1) is 11.5 Å². The quantitative estimate of drug-likeness (QED) is 0.603. The third-order valence-corrected chi connectivity index (χ3v) is 5.62. The highest BCUT2D eigenvalue weighted by atomic mass is 32.2. The zero-order chi connectivity index (χ0) is 18.7. The normalized spacial score (nSPS) is 13.5. The lowest BCUT2D eigenvalue weighted by molar-refractivity contribution is -0.119. The summed E-state index contributed by atoms with van der Waals surface area (Å²) in [6, 6.07) is 11.5. The first-order chi connectivity index (χ1) is 12.4. The van der Waals surface area contributed by atoms with Gasteiger partial charge in [-0.05, 0) is 40.7 Å². The van der Waals surface area contributed by atoms with E-state index in [-0.39, 0.29) is 11.3 Å². The summed E-state index contributed by atoms with van der Waals surface area (Å²) < 4.78 is 31.7. The van der Waals surface area contributed by atoms with Crippen molar-refractivity contribution in [3.8, 4) is 0 Å². The van der Waals surface area contributed by atoms with Crippen LogP contribution in [0.2, 0.25) is 0 Å². The van der Waals surface area contributed by atoms with Gasteiger partial charge in [-0.3, -0.25) is 4.79 Å². The molecule has 2 aromatic carbocycles. The lowest BCUT2D eigenvalue weighted by atomic mass is 9.78. The Morgan fingerprint density at radius 1 is 1.19 bits per heavy atom. The summed E-state index contributed by atoms with van der Waals surface area (Å²) in [4.78, 5) is 12.1. The van der Waals surface area contributed by atoms with E-state index in [1.54, 1.807) is 18.2 Å². The summed E-state index contributed by atoms with van der Waals surface area (Å²) in [5.41, 5.74) is 8.72. The molecule has 1 aliphatic heterocycles. The van der Waals surface area contributed by atoms with Crippen LogP contribution in [0.1, 0.15) is 23.1 Å². The van der Waals surface area contributed by atoms with Gasteiger partial charge in [-0.25, -0.2) is 13.1 Å². The van der Waals surface area contributed by atoms with Gasteiger partial charge in [0, 0.05) is 13.0 Å². The number of benzene rings is 2. The van der Waals surface area contributed by atoms with E-state index >= 15 is 0 Å². The molecular formula is C17H19BN2O5S. The topological polar surface area (TPSA) is 119 Å². The molecule has 2 aromatic rings. The summed E-state index contributed by atoms with van der Waals surface area (Å²) in [5.74, 6) is -0.592. The highest BCUT2D eigenvalue weighted by Crippen LogP contribution is 2.13. The molecule has 3 rings (SSSR count). The Morgan fingerprint density at radius 3 is 2.58 bits per heavy atom. The predicted octanol–water partition coefficient (Wildman–Crippen LogP) is -0.199. The SMILES string of the molecule is NCc1ccc(S(=O)(=O)NC(=O)CCc2ccc3c(c2)B(O)OC3)cc1. The van der Waals surface area contributed by atoms with Crippen molar-refractivity contribution in [2.24, 2.45) is 5.73 Å². The van der Waals surface area contributed by atoms with Crippen molar-refractivity contribution in [3.63, 3.8) is 0 Å². The molecule has 0 bridgehead atoms. The van der Waals surface area contributed by atoms with Crippen molar-refractivity contribution in [3.05, 3.63) is 59.2 Å². The van der Waals surface area contributed by atoms with Gasteiger partial charge in [0.25, 0.3) is 10.0 Å². The Labute approximate surface area is 152 Å². The zero-order valence-corrected chi connectivity index (χ0v) is 14.8. The first-order valence-electron chi connectivity index (χ1n) is 8.15. The molecule has 1 aliphatic rings. The highest BCUT2D eigenvalue weighted by molar-refractivity contribution is 7.90. The molecule has 7 nitrogen and oxygen atoms in total. The van der Waals surface area contributed by atoms with E-state index in [1.165, 1.54) is 12.1 Å². The van der Waals surface area contributed by atoms with Gasteiger partial charge in [0.15, 0.2) is 0 Å². The number of carbonyl (C=O) groups is 1. The van der Waals surface area contributed by atoms with Crippen molar-refractivity contribution in [1.82, 2.24) is 4.72 Å². The molecule has 1 heterocycles. The fraction of sp³-hybridized carbons (Fsp3) is 0.235. The monoisotopic (exact) mass is 374 g/mol. The molecule has 0 atom stereocenters. The van der Waals surface area contributed by atoms with Gasteiger partial charge in [-0.15, -0.1) is 0 Å². The number of nitrogens with one attached hydrogen (secondary N) is 1. The molecule has 0 spiro atoms. The van der Waals surface area contributed by atoms with Gasteiger partial charge in [0.2, 0.25) is 5.91 Å². The Bertz CT molecular complexity index is 915. The molecule has 0 unspecified atom stereocenters. The fourth-order valence-electron chi connectivity index (χ4n) is 2.74. The van der Waals surface area contributed by atoms with E-state index in [4.69, 9.17) is 10.4 Å². The summed E-state index contributed by atoms with van der Waals surface area (Å²) >= 11 is 0. The summed E-state index contributed by atoms with van der Waals surface area (Å²) in [5, 5.41) is 9.71. The molecule has 0 radical (unpaired) electrons. The molecule has 4 N–H and O–H groups in total. The van der Waals surface area contributed by atoms with E-state index < -0.39 is 23.0 Å². The van der Waals surface area contributed by atoms with Crippen LogP contribution in [-0.4, -0.2) is 26.5 Å². The van der Waals surface area contributed by atoms with Crippen molar-refractivity contribution < 1.29 is 22.9 Å². The van der Waals surface area contributed by atoms with Crippen LogP contribution >= 0.6 is 0 Å². The molecule has 0 aliphatic carbocycles. The molecule has 9 heteroatoms. The Hall–Kier alpha value is -2.20. The molecule has 0 saturated carbocycles. The molecule has 26 heavy (non-hydrogen) atoms. The van der Waals surface area contributed by atoms with E-state index in [0.29, 0.717) is 25.0 Å². The summed E-state index contributed by atoms with van der Waals surface area (Å²) in [6.07, 6.45) is 0.364. The zero-order valence-electron chi connectivity index (χ0n) is 14.0.